The monoisotopic (exact) mass is 418 g/mol. The average molecular weight is 419 g/mol. The fourth-order valence-corrected chi connectivity index (χ4v) is 3.09. The Hall–Kier alpha value is -3.84. The number of hydrogen-bond acceptors (Lipinski definition) is 4. The van der Waals surface area contributed by atoms with E-state index < -0.39 is 6.03 Å². The molecule has 8 heteroatoms. The SMILES string of the molecule is Nc1c(NC(=O)NCc2ccccn2)c(-c2ccc(Cl)cc2)nn1-c1ccccc1. The average Bonchev–Trinajstić information content (AvgIpc) is 3.10. The molecule has 0 aliphatic carbocycles. The molecular weight excluding hydrogens is 400 g/mol. The van der Waals surface area contributed by atoms with Gasteiger partial charge in [-0.25, -0.2) is 9.48 Å². The largest absolute Gasteiger partial charge is 0.382 e. The van der Waals surface area contributed by atoms with Crippen LogP contribution in [0.3, 0.4) is 0 Å². The first-order valence-electron chi connectivity index (χ1n) is 9.26. The lowest BCUT2D eigenvalue weighted by atomic mass is 10.1. The topological polar surface area (TPSA) is 97.9 Å². The minimum absolute atomic E-state index is 0.287. The number of amides is 2. The van der Waals surface area contributed by atoms with Crippen molar-refractivity contribution in [1.29, 1.82) is 0 Å². The molecule has 4 N–H and O–H groups in total. The first-order valence-corrected chi connectivity index (χ1v) is 9.64. The molecule has 0 atom stereocenters. The molecule has 0 spiro atoms. The van der Waals surface area contributed by atoms with E-state index in [1.54, 1.807) is 23.0 Å². The second-order valence-corrected chi connectivity index (χ2v) is 6.93. The third kappa shape index (κ3) is 4.26. The maximum absolute atomic E-state index is 12.6. The molecule has 0 aliphatic rings. The number of urea groups is 1. The van der Waals surface area contributed by atoms with Crippen LogP contribution in [0.15, 0.2) is 79.0 Å². The molecular formula is C22H19ClN6O. The second kappa shape index (κ2) is 8.67. The van der Waals surface area contributed by atoms with Crippen LogP contribution < -0.4 is 16.4 Å². The number of nitrogens with one attached hydrogen (secondary N) is 2. The maximum atomic E-state index is 12.6. The van der Waals surface area contributed by atoms with Gasteiger partial charge in [0.2, 0.25) is 0 Å². The summed E-state index contributed by atoms with van der Waals surface area (Å²) >= 11 is 6.02. The van der Waals surface area contributed by atoms with Crippen molar-refractivity contribution in [1.82, 2.24) is 20.1 Å². The summed E-state index contributed by atoms with van der Waals surface area (Å²) in [5.74, 6) is 0.319. The molecule has 2 heterocycles. The lowest BCUT2D eigenvalue weighted by Gasteiger charge is -2.09. The van der Waals surface area contributed by atoms with Crippen LogP contribution in [0.25, 0.3) is 16.9 Å². The van der Waals surface area contributed by atoms with Crippen molar-refractivity contribution in [2.75, 3.05) is 11.1 Å². The Morgan fingerprint density at radius 3 is 2.43 bits per heavy atom. The van der Waals surface area contributed by atoms with E-state index in [1.807, 2.05) is 60.7 Å². The summed E-state index contributed by atoms with van der Waals surface area (Å²) in [6.07, 6.45) is 1.68. The van der Waals surface area contributed by atoms with Gasteiger partial charge >= 0.3 is 6.03 Å². The molecule has 0 unspecified atom stereocenters. The van der Waals surface area contributed by atoms with Gasteiger partial charge in [-0.05, 0) is 36.4 Å². The highest BCUT2D eigenvalue weighted by atomic mass is 35.5. The number of nitrogen functional groups attached to an aromatic ring is 1. The van der Waals surface area contributed by atoms with Crippen molar-refractivity contribution < 1.29 is 4.79 Å². The number of rotatable bonds is 5. The number of aromatic nitrogens is 3. The number of carbonyl (C=O) groups is 1. The molecule has 0 aliphatic heterocycles. The Kier molecular flexibility index (Phi) is 5.63. The third-order valence-corrected chi connectivity index (χ3v) is 4.69. The Morgan fingerprint density at radius 2 is 1.73 bits per heavy atom. The van der Waals surface area contributed by atoms with Crippen molar-refractivity contribution in [2.24, 2.45) is 0 Å². The van der Waals surface area contributed by atoms with Crippen molar-refractivity contribution in [3.8, 4) is 16.9 Å². The molecule has 150 valence electrons. The third-order valence-electron chi connectivity index (χ3n) is 4.43. The summed E-state index contributed by atoms with van der Waals surface area (Å²) in [6.45, 7) is 0.287. The number of nitrogens with two attached hydrogens (primary N) is 1. The predicted octanol–water partition coefficient (Wildman–Crippen LogP) is 4.49. The van der Waals surface area contributed by atoms with Crippen LogP contribution in [0.5, 0.6) is 0 Å². The van der Waals surface area contributed by atoms with E-state index in [0.29, 0.717) is 22.2 Å². The first-order chi connectivity index (χ1) is 14.6. The molecule has 4 aromatic rings. The van der Waals surface area contributed by atoms with E-state index >= 15 is 0 Å². The summed E-state index contributed by atoms with van der Waals surface area (Å²) in [5, 5.41) is 10.9. The number of pyridine rings is 1. The van der Waals surface area contributed by atoms with Crippen LogP contribution in [0, 0.1) is 0 Å². The van der Waals surface area contributed by atoms with E-state index in [0.717, 1.165) is 16.9 Å². The van der Waals surface area contributed by atoms with Crippen LogP contribution >= 0.6 is 11.6 Å². The van der Waals surface area contributed by atoms with E-state index in [2.05, 4.69) is 20.7 Å². The van der Waals surface area contributed by atoms with Gasteiger partial charge in [-0.3, -0.25) is 4.98 Å². The van der Waals surface area contributed by atoms with Gasteiger partial charge in [-0.15, -0.1) is 0 Å². The zero-order valence-corrected chi connectivity index (χ0v) is 16.7. The number of para-hydroxylation sites is 1. The molecule has 2 aromatic carbocycles. The molecule has 0 fully saturated rings. The molecule has 2 amide bonds. The summed E-state index contributed by atoms with van der Waals surface area (Å²) in [6, 6.07) is 21.8. The number of nitrogens with zero attached hydrogens (tertiary/aromatic N) is 3. The van der Waals surface area contributed by atoms with E-state index in [9.17, 15) is 4.79 Å². The summed E-state index contributed by atoms with van der Waals surface area (Å²) in [5.41, 5.74) is 9.65. The number of carbonyl (C=O) groups excluding carboxylic acids is 1. The molecule has 0 bridgehead atoms. The predicted molar refractivity (Wildman–Crippen MR) is 119 cm³/mol. The zero-order chi connectivity index (χ0) is 20.9. The fraction of sp³-hybridized carbons (Fsp3) is 0.0455. The Morgan fingerprint density at radius 1 is 1.00 bits per heavy atom. The minimum atomic E-state index is -0.407. The Balaban J connectivity index is 1.65. The normalized spacial score (nSPS) is 10.6. The smallest absolute Gasteiger partial charge is 0.319 e. The highest BCUT2D eigenvalue weighted by Gasteiger charge is 2.20. The molecule has 2 aromatic heterocycles. The summed E-state index contributed by atoms with van der Waals surface area (Å²) in [7, 11) is 0. The highest BCUT2D eigenvalue weighted by Crippen LogP contribution is 2.34. The van der Waals surface area contributed by atoms with E-state index in [-0.39, 0.29) is 6.54 Å². The molecule has 0 saturated heterocycles. The van der Waals surface area contributed by atoms with Crippen molar-refractivity contribution in [3.05, 3.63) is 89.7 Å². The lowest BCUT2D eigenvalue weighted by molar-refractivity contribution is 0.251. The maximum Gasteiger partial charge on any atom is 0.319 e. The van der Waals surface area contributed by atoms with Gasteiger partial charge in [0, 0.05) is 16.8 Å². The molecule has 0 radical (unpaired) electrons. The number of hydrogen-bond donors (Lipinski definition) is 3. The van der Waals surface area contributed by atoms with Crippen molar-refractivity contribution in [3.63, 3.8) is 0 Å². The van der Waals surface area contributed by atoms with Crippen LogP contribution in [0.1, 0.15) is 5.69 Å². The van der Waals surface area contributed by atoms with E-state index in [1.165, 1.54) is 0 Å². The van der Waals surface area contributed by atoms with Gasteiger partial charge in [-0.2, -0.15) is 5.10 Å². The van der Waals surface area contributed by atoms with Crippen LogP contribution in [-0.4, -0.2) is 20.8 Å². The Labute approximate surface area is 178 Å². The molecule has 4 rings (SSSR count). The number of anilines is 2. The zero-order valence-electron chi connectivity index (χ0n) is 15.9. The fourth-order valence-electron chi connectivity index (χ4n) is 2.96. The van der Waals surface area contributed by atoms with Gasteiger partial charge < -0.3 is 16.4 Å². The summed E-state index contributed by atoms with van der Waals surface area (Å²) < 4.78 is 1.60. The Bertz CT molecular complexity index is 1140. The highest BCUT2D eigenvalue weighted by molar-refractivity contribution is 6.30. The number of halogens is 1. The number of benzene rings is 2. The van der Waals surface area contributed by atoms with Crippen LogP contribution in [-0.2, 0) is 6.54 Å². The molecule has 0 saturated carbocycles. The lowest BCUT2D eigenvalue weighted by Crippen LogP contribution is -2.29. The second-order valence-electron chi connectivity index (χ2n) is 6.49. The quantitative estimate of drug-likeness (QED) is 0.444. The van der Waals surface area contributed by atoms with Gasteiger partial charge in [0.15, 0.2) is 5.82 Å². The van der Waals surface area contributed by atoms with Crippen LogP contribution in [0.2, 0.25) is 5.02 Å². The standard InChI is InChI=1S/C22H19ClN6O/c23-16-11-9-15(10-12-16)19-20(21(24)29(28-19)18-7-2-1-3-8-18)27-22(30)26-14-17-6-4-5-13-25-17/h1-13H,14,24H2,(H2,26,27,30). The van der Waals surface area contributed by atoms with Crippen molar-refractivity contribution in [2.45, 2.75) is 6.54 Å². The van der Waals surface area contributed by atoms with Gasteiger partial charge in [0.1, 0.15) is 11.4 Å². The first kappa shape index (κ1) is 19.5. The van der Waals surface area contributed by atoms with Crippen LogP contribution in [0.4, 0.5) is 16.3 Å². The van der Waals surface area contributed by atoms with Gasteiger partial charge in [0.25, 0.3) is 0 Å². The van der Waals surface area contributed by atoms with Gasteiger partial charge in [-0.1, -0.05) is 48.0 Å². The molecule has 7 nitrogen and oxygen atoms in total. The van der Waals surface area contributed by atoms with E-state index in [4.69, 9.17) is 17.3 Å². The van der Waals surface area contributed by atoms with Crippen molar-refractivity contribution >= 4 is 29.1 Å². The molecule has 30 heavy (non-hydrogen) atoms. The minimum Gasteiger partial charge on any atom is -0.382 e. The summed E-state index contributed by atoms with van der Waals surface area (Å²) in [4.78, 5) is 16.8. The van der Waals surface area contributed by atoms with Gasteiger partial charge in [0.05, 0.1) is 17.9 Å².